The molecule has 0 aliphatic rings. The molecule has 0 spiro atoms. The molecular weight excluding hydrogens is 199 g/mol. The van der Waals surface area contributed by atoms with E-state index in [1.807, 2.05) is 0 Å². The molecule has 0 aliphatic carbocycles. The first-order chi connectivity index (χ1) is 6.02. The summed E-state index contributed by atoms with van der Waals surface area (Å²) in [4.78, 5) is 10.3. The highest BCUT2D eigenvalue weighted by molar-refractivity contribution is 5.75. The number of carbonyl (C=O) groups is 1. The van der Waals surface area contributed by atoms with Crippen LogP contribution in [0.25, 0.3) is 0 Å². The van der Waals surface area contributed by atoms with Crippen molar-refractivity contribution in [1.29, 1.82) is 0 Å². The van der Waals surface area contributed by atoms with E-state index < -0.39 is 18.4 Å². The lowest BCUT2D eigenvalue weighted by atomic mass is 9.91. The zero-order valence-electron chi connectivity index (χ0n) is 8.31. The summed E-state index contributed by atoms with van der Waals surface area (Å²) in [6.07, 6.45) is -6.02. The zero-order chi connectivity index (χ0) is 11.6. The van der Waals surface area contributed by atoms with Crippen molar-refractivity contribution in [2.24, 2.45) is 11.1 Å². The van der Waals surface area contributed by atoms with E-state index >= 15 is 0 Å². The lowest BCUT2D eigenvalue weighted by Gasteiger charge is -2.23. The summed E-state index contributed by atoms with van der Waals surface area (Å²) in [6, 6.07) is 0. The minimum atomic E-state index is -4.98. The van der Waals surface area contributed by atoms with Crippen molar-refractivity contribution in [2.45, 2.75) is 39.6 Å². The first-order valence-corrected chi connectivity index (χ1v) is 4.06. The Labute approximate surface area is 80.4 Å². The fourth-order valence-corrected chi connectivity index (χ4v) is 0.850. The van der Waals surface area contributed by atoms with Crippen molar-refractivity contribution < 1.29 is 22.7 Å². The van der Waals surface area contributed by atoms with Crippen LogP contribution in [0.15, 0.2) is 0 Å². The van der Waals surface area contributed by atoms with Crippen LogP contribution in [0.4, 0.5) is 13.2 Å². The van der Waals surface area contributed by atoms with E-state index in [2.05, 4.69) is 4.74 Å². The van der Waals surface area contributed by atoms with Gasteiger partial charge in [0.25, 0.3) is 0 Å². The van der Waals surface area contributed by atoms with Gasteiger partial charge in [-0.2, -0.15) is 13.2 Å². The second kappa shape index (κ2) is 4.16. The Balaban J connectivity index is 4.09. The highest BCUT2D eigenvalue weighted by atomic mass is 19.4. The van der Waals surface area contributed by atoms with Gasteiger partial charge in [-0.3, -0.25) is 5.73 Å². The molecule has 0 heterocycles. The number of esters is 1. The summed E-state index contributed by atoms with van der Waals surface area (Å²) in [5.74, 6) is -2.24. The maximum atomic E-state index is 11.7. The van der Waals surface area contributed by atoms with Gasteiger partial charge >= 0.3 is 12.1 Å². The zero-order valence-corrected chi connectivity index (χ0v) is 8.31. The molecule has 0 amide bonds. The van der Waals surface area contributed by atoms with Crippen LogP contribution in [-0.4, -0.2) is 18.4 Å². The normalized spacial score (nSPS) is 15.1. The molecule has 3 nitrogen and oxygen atoms in total. The molecule has 0 aromatic rings. The van der Waals surface area contributed by atoms with Crippen LogP contribution in [0.3, 0.4) is 0 Å². The number of hydrogen-bond donors (Lipinski definition) is 1. The lowest BCUT2D eigenvalue weighted by Crippen LogP contribution is -2.36. The minimum absolute atomic E-state index is 0.175. The molecule has 0 fully saturated rings. The molecule has 14 heavy (non-hydrogen) atoms. The summed E-state index contributed by atoms with van der Waals surface area (Å²) in [5.41, 5.74) is 4.93. The molecule has 2 N–H and O–H groups in total. The van der Waals surface area contributed by atoms with Gasteiger partial charge in [-0.1, -0.05) is 20.8 Å². The average Bonchev–Trinajstić information content (AvgIpc) is 1.79. The molecule has 0 aromatic carbocycles. The number of carbonyl (C=O) groups excluding carboxylic acids is 1. The maximum Gasteiger partial charge on any atom is 0.490 e. The molecule has 6 heteroatoms. The highest BCUT2D eigenvalue weighted by Gasteiger charge is 2.42. The Bertz CT molecular complexity index is 208. The smallest absolute Gasteiger partial charge is 0.440 e. The van der Waals surface area contributed by atoms with Crippen molar-refractivity contribution in [3.05, 3.63) is 0 Å². The van der Waals surface area contributed by atoms with Crippen LogP contribution in [-0.2, 0) is 9.53 Å². The topological polar surface area (TPSA) is 52.3 Å². The third-order valence-electron chi connectivity index (χ3n) is 1.30. The molecule has 0 bridgehead atoms. The van der Waals surface area contributed by atoms with E-state index in [4.69, 9.17) is 5.73 Å². The van der Waals surface area contributed by atoms with Gasteiger partial charge in [0.1, 0.15) is 0 Å². The summed E-state index contributed by atoms with van der Waals surface area (Å²) in [5, 5.41) is 0. The molecule has 0 rings (SSSR count). The van der Waals surface area contributed by atoms with E-state index in [-0.39, 0.29) is 11.8 Å². The summed E-state index contributed by atoms with van der Waals surface area (Å²) >= 11 is 0. The maximum absolute atomic E-state index is 11.7. The second-order valence-corrected chi connectivity index (χ2v) is 4.21. The molecular formula is C8H14F3NO2. The van der Waals surface area contributed by atoms with Crippen LogP contribution in [0.2, 0.25) is 0 Å². The van der Waals surface area contributed by atoms with E-state index in [9.17, 15) is 18.0 Å². The van der Waals surface area contributed by atoms with Crippen LogP contribution in [0.5, 0.6) is 0 Å². The first kappa shape index (κ1) is 13.2. The van der Waals surface area contributed by atoms with E-state index in [0.717, 1.165) is 0 Å². The third kappa shape index (κ3) is 5.80. The number of alkyl halides is 3. The summed E-state index contributed by atoms with van der Waals surface area (Å²) in [7, 11) is 0. The Morgan fingerprint density at radius 2 is 1.79 bits per heavy atom. The molecule has 0 radical (unpaired) electrons. The van der Waals surface area contributed by atoms with Gasteiger partial charge in [0, 0.05) is 6.42 Å². The highest BCUT2D eigenvalue weighted by Crippen LogP contribution is 2.22. The van der Waals surface area contributed by atoms with Crippen molar-refractivity contribution in [2.75, 3.05) is 0 Å². The second-order valence-electron chi connectivity index (χ2n) is 4.21. The van der Waals surface area contributed by atoms with Crippen molar-refractivity contribution >= 4 is 5.97 Å². The summed E-state index contributed by atoms with van der Waals surface area (Å²) in [6.45, 7) is 5.36. The monoisotopic (exact) mass is 213 g/mol. The average molecular weight is 213 g/mol. The molecule has 1 atom stereocenters. The van der Waals surface area contributed by atoms with Crippen molar-refractivity contribution in [3.8, 4) is 0 Å². The van der Waals surface area contributed by atoms with E-state index in [1.54, 1.807) is 20.8 Å². The molecule has 0 aliphatic heterocycles. The minimum Gasteiger partial charge on any atom is -0.440 e. The Kier molecular flexibility index (Phi) is 3.93. The van der Waals surface area contributed by atoms with E-state index in [0.29, 0.717) is 0 Å². The molecule has 0 saturated heterocycles. The number of nitrogens with two attached hydrogens (primary N) is 1. The SMILES string of the molecule is CC(C)(C)CC(N)OC(=O)C(F)(F)F. The van der Waals surface area contributed by atoms with Crippen LogP contribution in [0.1, 0.15) is 27.2 Å². The molecule has 1 unspecified atom stereocenters. The molecule has 0 saturated carbocycles. The fourth-order valence-electron chi connectivity index (χ4n) is 0.850. The quantitative estimate of drug-likeness (QED) is 0.562. The predicted molar refractivity (Wildman–Crippen MR) is 44.2 cm³/mol. The van der Waals surface area contributed by atoms with Crippen LogP contribution < -0.4 is 5.73 Å². The Hall–Kier alpha value is -0.780. The Morgan fingerprint density at radius 3 is 2.07 bits per heavy atom. The number of rotatable bonds is 2. The standard InChI is InChI=1S/C8H14F3NO2/c1-7(2,3)4-5(12)14-6(13)8(9,10)11/h5H,4,12H2,1-3H3. The number of halogens is 3. The van der Waals surface area contributed by atoms with Crippen molar-refractivity contribution in [3.63, 3.8) is 0 Å². The Morgan fingerprint density at radius 1 is 1.36 bits per heavy atom. The van der Waals surface area contributed by atoms with Gasteiger partial charge in [0.05, 0.1) is 0 Å². The largest absolute Gasteiger partial charge is 0.490 e. The fraction of sp³-hybridized carbons (Fsp3) is 0.875. The van der Waals surface area contributed by atoms with Gasteiger partial charge in [-0.05, 0) is 5.41 Å². The first-order valence-electron chi connectivity index (χ1n) is 4.06. The molecule has 84 valence electrons. The predicted octanol–water partition coefficient (Wildman–Crippen LogP) is 1.81. The van der Waals surface area contributed by atoms with Gasteiger partial charge in [-0.15, -0.1) is 0 Å². The van der Waals surface area contributed by atoms with Gasteiger partial charge < -0.3 is 4.74 Å². The van der Waals surface area contributed by atoms with E-state index in [1.165, 1.54) is 0 Å². The van der Waals surface area contributed by atoms with Crippen LogP contribution >= 0.6 is 0 Å². The molecule has 0 aromatic heterocycles. The number of ether oxygens (including phenoxy) is 1. The van der Waals surface area contributed by atoms with Gasteiger partial charge in [0.2, 0.25) is 0 Å². The lowest BCUT2D eigenvalue weighted by molar-refractivity contribution is -0.205. The van der Waals surface area contributed by atoms with Crippen LogP contribution in [0, 0.1) is 5.41 Å². The number of hydrogen-bond acceptors (Lipinski definition) is 3. The summed E-state index contributed by atoms with van der Waals surface area (Å²) < 4.78 is 39.1. The third-order valence-corrected chi connectivity index (χ3v) is 1.30. The van der Waals surface area contributed by atoms with Gasteiger partial charge in [-0.25, -0.2) is 4.79 Å². The van der Waals surface area contributed by atoms with Crippen molar-refractivity contribution in [1.82, 2.24) is 0 Å². The van der Waals surface area contributed by atoms with Gasteiger partial charge in [0.15, 0.2) is 6.23 Å².